The Morgan fingerprint density at radius 1 is 1.19 bits per heavy atom. The summed E-state index contributed by atoms with van der Waals surface area (Å²) < 4.78 is 5.58. The molecule has 1 rings (SSSR count). The van der Waals surface area contributed by atoms with Crippen LogP contribution in [0.2, 0.25) is 0 Å². The molecule has 16 heavy (non-hydrogen) atoms. The van der Waals surface area contributed by atoms with Gasteiger partial charge in [0.25, 0.3) is 0 Å². The summed E-state index contributed by atoms with van der Waals surface area (Å²) in [6.07, 6.45) is 2.14. The molecule has 1 radical (unpaired) electrons. The molecule has 0 spiro atoms. The average Bonchev–Trinajstić information content (AvgIpc) is 2.23. The van der Waals surface area contributed by atoms with E-state index >= 15 is 0 Å². The van der Waals surface area contributed by atoms with Crippen molar-refractivity contribution < 1.29 is 37.4 Å². The average molecular weight is 294 g/mol. The summed E-state index contributed by atoms with van der Waals surface area (Å²) in [6, 6.07) is 4.29. The Hall–Kier alpha value is 0.154. The van der Waals surface area contributed by atoms with Gasteiger partial charge in [-0.2, -0.15) is 24.6 Å². The fraction of sp³-hybridized carbons (Fsp3) is 0.500. The molecule has 0 unspecified atom stereocenters. The summed E-state index contributed by atoms with van der Waals surface area (Å²) in [5, 5.41) is 0. The molecule has 0 atom stereocenters. The maximum absolute atomic E-state index is 5.58. The first-order valence-electron chi connectivity index (χ1n) is 5.71. The minimum Gasteiger partial charge on any atom is -0.378 e. The summed E-state index contributed by atoms with van der Waals surface area (Å²) in [5.74, 6) is 0. The van der Waals surface area contributed by atoms with E-state index in [1.165, 1.54) is 16.7 Å². The van der Waals surface area contributed by atoms with E-state index in [2.05, 4.69) is 39.8 Å². The molecule has 0 saturated carbocycles. The molecule has 2 heteroatoms. The summed E-state index contributed by atoms with van der Waals surface area (Å²) >= 11 is 0. The summed E-state index contributed by atoms with van der Waals surface area (Å²) in [6.45, 7) is 12.0. The van der Waals surface area contributed by atoms with Crippen LogP contribution in [0, 0.1) is 13.8 Å². The van der Waals surface area contributed by atoms with Crippen LogP contribution < -0.4 is 0 Å². The first-order chi connectivity index (χ1) is 7.19. The van der Waals surface area contributed by atoms with Crippen molar-refractivity contribution in [3.8, 4) is 0 Å². The maximum Gasteiger partial charge on any atom is 0.0608 e. The third-order valence-corrected chi connectivity index (χ3v) is 2.67. The van der Waals surface area contributed by atoms with Crippen molar-refractivity contribution in [2.45, 2.75) is 40.2 Å². The maximum atomic E-state index is 5.58. The van der Waals surface area contributed by atoms with Gasteiger partial charge in [-0.25, -0.2) is 0 Å². The molecule has 0 aliphatic heterocycles. The van der Waals surface area contributed by atoms with Crippen LogP contribution in [0.15, 0.2) is 12.1 Å². The molecule has 0 aromatic heterocycles. The van der Waals surface area contributed by atoms with Gasteiger partial charge < -0.3 is 4.74 Å². The molecule has 87 valence electrons. The fourth-order valence-electron chi connectivity index (χ4n) is 1.76. The molecule has 1 nitrogen and oxygen atoms in total. The number of hydrogen-bond donors (Lipinski definition) is 0. The first kappa shape index (κ1) is 16.2. The Bertz CT molecular complexity index is 321. The summed E-state index contributed by atoms with van der Waals surface area (Å²) in [7, 11) is 0. The van der Waals surface area contributed by atoms with Gasteiger partial charge in [0, 0.05) is 39.3 Å². The molecular weight excluding hydrogens is 273 g/mol. The second kappa shape index (κ2) is 8.27. The van der Waals surface area contributed by atoms with Gasteiger partial charge in [-0.15, -0.1) is 5.56 Å². The van der Waals surface area contributed by atoms with Gasteiger partial charge in [0.2, 0.25) is 0 Å². The van der Waals surface area contributed by atoms with Crippen LogP contribution >= 0.6 is 0 Å². The number of benzene rings is 1. The number of aryl methyl sites for hydroxylation is 1. The van der Waals surface area contributed by atoms with Crippen LogP contribution in [-0.4, -0.2) is 6.61 Å². The Labute approximate surface area is 125 Å². The van der Waals surface area contributed by atoms with Gasteiger partial charge in [0.15, 0.2) is 0 Å². The van der Waals surface area contributed by atoms with E-state index in [9.17, 15) is 0 Å². The second-order valence-corrected chi connectivity index (χ2v) is 3.95. The zero-order chi connectivity index (χ0) is 11.3. The van der Waals surface area contributed by atoms with E-state index in [0.717, 1.165) is 31.6 Å². The Morgan fingerprint density at radius 3 is 2.38 bits per heavy atom. The van der Waals surface area contributed by atoms with Crippen LogP contribution in [0.3, 0.4) is 0 Å². The molecule has 0 aliphatic carbocycles. The third-order valence-electron chi connectivity index (χ3n) is 2.67. The number of hydrogen-bond acceptors (Lipinski definition) is 1. The molecule has 0 aliphatic rings. The largest absolute Gasteiger partial charge is 0.378 e. The molecule has 0 fully saturated rings. The molecule has 0 N–H and O–H groups in total. The van der Waals surface area contributed by atoms with Gasteiger partial charge in [-0.05, 0) is 19.8 Å². The molecule has 0 saturated heterocycles. The zero-order valence-corrected chi connectivity index (χ0v) is 13.5. The predicted octanol–water partition coefficient (Wildman–Crippen LogP) is 3.66. The molecule has 0 amide bonds. The molecule has 0 heterocycles. The molecule has 1 aromatic carbocycles. The zero-order valence-electron chi connectivity index (χ0n) is 10.7. The molecular formula is C14H21OY-. The molecule has 1 aromatic rings. The minimum atomic E-state index is 0. The predicted molar refractivity (Wildman–Crippen MR) is 65.0 cm³/mol. The Balaban J connectivity index is 0.00000225. The SMILES string of the molecule is [CH2-]c1cc(CC)c(C)c(COCCC)c1.[Y]. The van der Waals surface area contributed by atoms with Gasteiger partial charge in [0.1, 0.15) is 0 Å². The van der Waals surface area contributed by atoms with Crippen molar-refractivity contribution in [1.29, 1.82) is 0 Å². The van der Waals surface area contributed by atoms with Gasteiger partial charge in [-0.1, -0.05) is 25.0 Å². The van der Waals surface area contributed by atoms with Crippen molar-refractivity contribution in [2.24, 2.45) is 0 Å². The van der Waals surface area contributed by atoms with E-state index in [0.29, 0.717) is 0 Å². The van der Waals surface area contributed by atoms with Gasteiger partial charge in [-0.3, -0.25) is 0 Å². The fourth-order valence-corrected chi connectivity index (χ4v) is 1.76. The minimum absolute atomic E-state index is 0. The van der Waals surface area contributed by atoms with Crippen molar-refractivity contribution >= 4 is 0 Å². The number of rotatable bonds is 5. The normalized spacial score (nSPS) is 9.94. The Kier molecular flexibility index (Phi) is 8.35. The number of ether oxygens (including phenoxy) is 1. The first-order valence-corrected chi connectivity index (χ1v) is 5.71. The van der Waals surface area contributed by atoms with Crippen molar-refractivity contribution in [1.82, 2.24) is 0 Å². The van der Waals surface area contributed by atoms with E-state index in [1.54, 1.807) is 0 Å². The summed E-state index contributed by atoms with van der Waals surface area (Å²) in [4.78, 5) is 0. The van der Waals surface area contributed by atoms with Crippen LogP contribution in [0.5, 0.6) is 0 Å². The topological polar surface area (TPSA) is 9.23 Å². The van der Waals surface area contributed by atoms with Crippen LogP contribution in [0.25, 0.3) is 0 Å². The third kappa shape index (κ3) is 4.57. The monoisotopic (exact) mass is 294 g/mol. The van der Waals surface area contributed by atoms with E-state index in [-0.39, 0.29) is 32.7 Å². The van der Waals surface area contributed by atoms with Gasteiger partial charge in [0.05, 0.1) is 6.61 Å². The second-order valence-electron chi connectivity index (χ2n) is 3.95. The van der Waals surface area contributed by atoms with Crippen LogP contribution in [0.1, 0.15) is 42.5 Å². The van der Waals surface area contributed by atoms with Crippen molar-refractivity contribution in [3.63, 3.8) is 0 Å². The summed E-state index contributed by atoms with van der Waals surface area (Å²) in [5.41, 5.74) is 5.12. The molecule has 0 bridgehead atoms. The quantitative estimate of drug-likeness (QED) is 0.595. The van der Waals surface area contributed by atoms with Crippen molar-refractivity contribution in [2.75, 3.05) is 6.61 Å². The van der Waals surface area contributed by atoms with Crippen molar-refractivity contribution in [3.05, 3.63) is 41.3 Å². The van der Waals surface area contributed by atoms with E-state index < -0.39 is 0 Å². The van der Waals surface area contributed by atoms with E-state index in [4.69, 9.17) is 4.74 Å². The van der Waals surface area contributed by atoms with E-state index in [1.807, 2.05) is 0 Å². The Morgan fingerprint density at radius 2 is 1.81 bits per heavy atom. The standard InChI is InChI=1S/C14H21O.Y/c1-5-7-15-10-14-9-11(3)8-13(6-2)12(14)4;/h8-9H,3,5-7,10H2,1-2,4H3;/q-1;. The van der Waals surface area contributed by atoms with Crippen LogP contribution in [0.4, 0.5) is 0 Å². The van der Waals surface area contributed by atoms with Gasteiger partial charge >= 0.3 is 0 Å². The van der Waals surface area contributed by atoms with Crippen LogP contribution in [-0.2, 0) is 50.5 Å². The smallest absolute Gasteiger partial charge is 0.0608 e.